The van der Waals surface area contributed by atoms with E-state index < -0.39 is 61.6 Å². The molecule has 224 valence electrons. The minimum atomic E-state index is -1.57. The Labute approximate surface area is 235 Å². The molecule has 0 aromatic rings. The number of rotatable bonds is 3. The van der Waals surface area contributed by atoms with Gasteiger partial charge in [-0.05, 0) is 39.0 Å². The Morgan fingerprint density at radius 2 is 1.57 bits per heavy atom. The van der Waals surface area contributed by atoms with E-state index in [0.29, 0.717) is 19.3 Å². The number of carbonyl (C=O) groups excluding carboxylic acids is 1. The second kappa shape index (κ2) is 18.8. The average molecular weight is 565 g/mol. The lowest BCUT2D eigenvalue weighted by Crippen LogP contribution is -2.59. The molecule has 2 rings (SSSR count). The maximum Gasteiger partial charge on any atom is 0.331 e. The van der Waals surface area contributed by atoms with Crippen molar-refractivity contribution in [2.75, 3.05) is 6.61 Å². The summed E-state index contributed by atoms with van der Waals surface area (Å²) in [7, 11) is 0. The summed E-state index contributed by atoms with van der Waals surface area (Å²) >= 11 is 0. The van der Waals surface area contributed by atoms with Crippen LogP contribution in [-0.2, 0) is 19.0 Å². The quantitative estimate of drug-likeness (QED) is 0.277. The van der Waals surface area contributed by atoms with E-state index in [4.69, 9.17) is 14.2 Å². The van der Waals surface area contributed by atoms with Crippen LogP contribution >= 0.6 is 0 Å². The fourth-order valence-corrected chi connectivity index (χ4v) is 4.10. The van der Waals surface area contributed by atoms with Crippen LogP contribution in [0.2, 0.25) is 0 Å². The van der Waals surface area contributed by atoms with Crippen LogP contribution in [0, 0.1) is 0 Å². The highest BCUT2D eigenvalue weighted by Gasteiger charge is 2.44. The fraction of sp³-hybridized carbons (Fsp3) is 0.567. The summed E-state index contributed by atoms with van der Waals surface area (Å²) in [6.07, 6.45) is 13.9. The number of carbonyl (C=O) groups is 1. The zero-order valence-electron chi connectivity index (χ0n) is 22.9. The van der Waals surface area contributed by atoms with Crippen molar-refractivity contribution in [1.29, 1.82) is 0 Å². The molecular formula is C30H44O10. The molecule has 0 aromatic heterocycles. The van der Waals surface area contributed by atoms with Crippen LogP contribution in [0.1, 0.15) is 45.4 Å². The Morgan fingerprint density at radius 3 is 2.35 bits per heavy atom. The molecule has 6 N–H and O–H groups in total. The second-order valence-corrected chi connectivity index (χ2v) is 9.89. The summed E-state index contributed by atoms with van der Waals surface area (Å²) < 4.78 is 16.7. The highest BCUT2D eigenvalue weighted by Crippen LogP contribution is 2.24. The van der Waals surface area contributed by atoms with Gasteiger partial charge in [0.2, 0.25) is 0 Å². The number of hydrogen-bond acceptors (Lipinski definition) is 10. The first kappa shape index (κ1) is 33.8. The van der Waals surface area contributed by atoms with E-state index in [-0.39, 0.29) is 12.5 Å². The van der Waals surface area contributed by atoms with Crippen molar-refractivity contribution in [3.05, 3.63) is 72.9 Å². The van der Waals surface area contributed by atoms with Crippen LogP contribution in [0.25, 0.3) is 0 Å². The van der Waals surface area contributed by atoms with Crippen LogP contribution in [-0.4, -0.2) is 98.3 Å². The molecule has 40 heavy (non-hydrogen) atoms. The fourth-order valence-electron chi connectivity index (χ4n) is 4.10. The van der Waals surface area contributed by atoms with E-state index in [9.17, 15) is 35.4 Å². The third-order valence-corrected chi connectivity index (χ3v) is 6.38. The molecule has 2 aliphatic rings. The number of esters is 1. The minimum Gasteiger partial charge on any atom is -0.460 e. The van der Waals surface area contributed by atoms with Gasteiger partial charge in [0.15, 0.2) is 6.29 Å². The standard InChI is InChI=1S/C30H44O10/c1-21-13-7-3-2-4-8-14-22(32)19-23(33)15-9-5-10-16-24(17-11-6-12-18-26(34)38-21)39-30-29(37)28(36)27(35)25(20-31)40-30/h2,4-6,8-12,14,16,18,21-25,27-33,35-37H,3,7,13,15,17,19-20H2,1H3/b4-2+,9-5-,11-6+,14-8+,16-10+,18-12-/t21-,22+,23+,24-,25-,27-,28+,29-,30-/m1/s1. The number of ether oxygens (including phenoxy) is 3. The summed E-state index contributed by atoms with van der Waals surface area (Å²) in [5.74, 6) is -0.458. The van der Waals surface area contributed by atoms with Crippen LogP contribution in [0.4, 0.5) is 0 Å². The van der Waals surface area contributed by atoms with E-state index in [2.05, 4.69) is 0 Å². The van der Waals surface area contributed by atoms with Gasteiger partial charge in [0.05, 0.1) is 31.0 Å². The lowest BCUT2D eigenvalue weighted by molar-refractivity contribution is -0.307. The number of allylic oxidation sites excluding steroid dienone is 7. The van der Waals surface area contributed by atoms with Crippen LogP contribution in [0.3, 0.4) is 0 Å². The predicted molar refractivity (Wildman–Crippen MR) is 149 cm³/mol. The van der Waals surface area contributed by atoms with Gasteiger partial charge in [0.25, 0.3) is 0 Å². The first-order chi connectivity index (χ1) is 19.2. The highest BCUT2D eigenvalue weighted by atomic mass is 16.7. The Kier molecular flexibility index (Phi) is 15.9. The minimum absolute atomic E-state index is 0.183. The molecule has 1 fully saturated rings. The van der Waals surface area contributed by atoms with E-state index in [1.165, 1.54) is 6.08 Å². The monoisotopic (exact) mass is 564 g/mol. The molecule has 9 atom stereocenters. The normalized spacial score (nSPS) is 40.6. The summed E-state index contributed by atoms with van der Waals surface area (Å²) in [6, 6.07) is 0. The zero-order valence-corrected chi connectivity index (χ0v) is 22.9. The van der Waals surface area contributed by atoms with Gasteiger partial charge >= 0.3 is 5.97 Å². The molecule has 0 aliphatic carbocycles. The largest absolute Gasteiger partial charge is 0.460 e. The molecule has 0 spiro atoms. The van der Waals surface area contributed by atoms with Crippen molar-refractivity contribution in [3.8, 4) is 0 Å². The van der Waals surface area contributed by atoms with E-state index in [1.54, 1.807) is 54.7 Å². The third-order valence-electron chi connectivity index (χ3n) is 6.38. The Morgan fingerprint density at radius 1 is 0.875 bits per heavy atom. The SMILES string of the molecule is C[C@@H]1CCC/C=C/C=C/[C@H](O)C[C@@H](O)C/C=C\C=C\[C@@H](O[C@@H]2O[C@H](CO)[C@@H](O)[C@H](O)[C@H]2O)C/C=C/C=C\C(=O)O1. The summed E-state index contributed by atoms with van der Waals surface area (Å²) in [4.78, 5) is 12.1. The molecule has 0 radical (unpaired) electrons. The van der Waals surface area contributed by atoms with Gasteiger partial charge in [0.1, 0.15) is 24.4 Å². The van der Waals surface area contributed by atoms with Gasteiger partial charge in [-0.3, -0.25) is 0 Å². The van der Waals surface area contributed by atoms with Gasteiger partial charge in [-0.2, -0.15) is 0 Å². The summed E-state index contributed by atoms with van der Waals surface area (Å²) in [5.41, 5.74) is 0. The van der Waals surface area contributed by atoms with Crippen LogP contribution < -0.4 is 0 Å². The number of hydrogen-bond donors (Lipinski definition) is 6. The Balaban J connectivity index is 2.12. The van der Waals surface area contributed by atoms with Gasteiger partial charge in [-0.15, -0.1) is 0 Å². The van der Waals surface area contributed by atoms with Crippen molar-refractivity contribution in [3.63, 3.8) is 0 Å². The number of aliphatic hydroxyl groups excluding tert-OH is 6. The lowest BCUT2D eigenvalue weighted by Gasteiger charge is -2.40. The molecule has 0 unspecified atom stereocenters. The number of aliphatic hydroxyl groups is 6. The highest BCUT2D eigenvalue weighted by molar-refractivity contribution is 5.82. The molecule has 10 heteroatoms. The Bertz CT molecular complexity index is 906. The molecule has 0 aromatic carbocycles. The van der Waals surface area contributed by atoms with Crippen molar-refractivity contribution >= 4 is 5.97 Å². The van der Waals surface area contributed by atoms with Gasteiger partial charge in [-0.1, -0.05) is 66.8 Å². The van der Waals surface area contributed by atoms with Crippen LogP contribution in [0.5, 0.6) is 0 Å². The molecule has 0 saturated carbocycles. The maximum absolute atomic E-state index is 12.1. The van der Waals surface area contributed by atoms with Crippen LogP contribution in [0.15, 0.2) is 72.9 Å². The predicted octanol–water partition coefficient (Wildman–Crippen LogP) is 1.52. The molecule has 0 bridgehead atoms. The van der Waals surface area contributed by atoms with Crippen molar-refractivity contribution < 1.29 is 49.6 Å². The van der Waals surface area contributed by atoms with E-state index in [0.717, 1.165) is 12.8 Å². The summed E-state index contributed by atoms with van der Waals surface area (Å²) in [5, 5.41) is 60.2. The molecule has 2 aliphatic heterocycles. The second-order valence-electron chi connectivity index (χ2n) is 9.89. The van der Waals surface area contributed by atoms with E-state index >= 15 is 0 Å². The zero-order chi connectivity index (χ0) is 29.3. The molecule has 10 nitrogen and oxygen atoms in total. The maximum atomic E-state index is 12.1. The smallest absolute Gasteiger partial charge is 0.331 e. The van der Waals surface area contributed by atoms with Gasteiger partial charge in [-0.25, -0.2) is 4.79 Å². The van der Waals surface area contributed by atoms with Crippen molar-refractivity contribution in [2.24, 2.45) is 0 Å². The first-order valence-corrected chi connectivity index (χ1v) is 13.7. The first-order valence-electron chi connectivity index (χ1n) is 13.7. The number of cyclic esters (lactones) is 1. The van der Waals surface area contributed by atoms with Crippen molar-refractivity contribution in [1.82, 2.24) is 0 Å². The van der Waals surface area contributed by atoms with Gasteiger partial charge < -0.3 is 44.8 Å². The van der Waals surface area contributed by atoms with Crippen molar-refractivity contribution in [2.45, 2.75) is 101 Å². The van der Waals surface area contributed by atoms with E-state index in [1.807, 2.05) is 19.1 Å². The lowest BCUT2D eigenvalue weighted by atomic mass is 9.99. The molecule has 1 saturated heterocycles. The third kappa shape index (κ3) is 12.8. The average Bonchev–Trinajstić information content (AvgIpc) is 2.91. The Hall–Kier alpha value is -2.41. The van der Waals surface area contributed by atoms with Gasteiger partial charge in [0, 0.05) is 12.5 Å². The summed E-state index contributed by atoms with van der Waals surface area (Å²) in [6.45, 7) is 1.26. The molecule has 0 amide bonds. The molecule has 2 heterocycles. The topological polar surface area (TPSA) is 166 Å². The molecular weight excluding hydrogens is 520 g/mol.